The second kappa shape index (κ2) is 11.2. The van der Waals surface area contributed by atoms with E-state index < -0.39 is 5.63 Å². The number of hydrogen-bond acceptors (Lipinski definition) is 6. The summed E-state index contributed by atoms with van der Waals surface area (Å²) in [5.74, 6) is 2.62. The van der Waals surface area contributed by atoms with Crippen LogP contribution < -0.4 is 24.6 Å². The van der Waals surface area contributed by atoms with Crippen molar-refractivity contribution in [2.24, 2.45) is 0 Å². The molecule has 0 aliphatic carbocycles. The van der Waals surface area contributed by atoms with E-state index in [4.69, 9.17) is 23.4 Å². The smallest absolute Gasteiger partial charge is 0.339 e. The van der Waals surface area contributed by atoms with Crippen molar-refractivity contribution < 1.29 is 23.4 Å². The molecule has 0 unspecified atom stereocenters. The molecule has 0 fully saturated rings. The summed E-state index contributed by atoms with van der Waals surface area (Å²) in [5, 5.41) is 0. The molecule has 0 N–H and O–H groups in total. The van der Waals surface area contributed by atoms with E-state index in [-0.39, 0.29) is 6.10 Å². The van der Waals surface area contributed by atoms with E-state index in [1.807, 2.05) is 32.1 Å². The minimum absolute atomic E-state index is 0.0352. The standard InChI is InChI=1S/C23H30O6/c1-6-7-8-11-27-23-20(25-4)12-17(13-21(23)26-5)9-10-18-14-19(28-16(2)3)15-22(24)29-18/h9-10,12-16H,6-8,11H2,1-5H3/b10-9+. The molecule has 0 aliphatic rings. The van der Waals surface area contributed by atoms with Gasteiger partial charge in [0.15, 0.2) is 11.5 Å². The predicted molar refractivity (Wildman–Crippen MR) is 114 cm³/mol. The maximum absolute atomic E-state index is 11.8. The topological polar surface area (TPSA) is 67.1 Å². The van der Waals surface area contributed by atoms with Gasteiger partial charge in [-0.05, 0) is 44.0 Å². The second-order valence-electron chi connectivity index (χ2n) is 6.82. The molecular formula is C23H30O6. The lowest BCUT2D eigenvalue weighted by Gasteiger charge is -2.15. The van der Waals surface area contributed by atoms with Crippen molar-refractivity contribution in [2.75, 3.05) is 20.8 Å². The zero-order valence-corrected chi connectivity index (χ0v) is 17.8. The molecule has 29 heavy (non-hydrogen) atoms. The molecule has 0 atom stereocenters. The molecule has 158 valence electrons. The van der Waals surface area contributed by atoms with Crippen molar-refractivity contribution in [3.63, 3.8) is 0 Å². The maximum Gasteiger partial charge on any atom is 0.339 e. The quantitative estimate of drug-likeness (QED) is 0.482. The fourth-order valence-corrected chi connectivity index (χ4v) is 2.74. The Kier molecular flexibility index (Phi) is 8.65. The molecular weight excluding hydrogens is 372 g/mol. The van der Waals surface area contributed by atoms with Crippen LogP contribution >= 0.6 is 0 Å². The largest absolute Gasteiger partial charge is 0.493 e. The first-order chi connectivity index (χ1) is 14.0. The highest BCUT2D eigenvalue weighted by atomic mass is 16.5. The molecule has 2 aromatic rings. The number of hydrogen-bond donors (Lipinski definition) is 0. The lowest BCUT2D eigenvalue weighted by Crippen LogP contribution is -2.08. The highest BCUT2D eigenvalue weighted by molar-refractivity contribution is 5.71. The van der Waals surface area contributed by atoms with Crippen molar-refractivity contribution >= 4 is 12.2 Å². The SMILES string of the molecule is CCCCCOc1c(OC)cc(/C=C/c2cc(OC(C)C)cc(=O)o2)cc1OC. The summed E-state index contributed by atoms with van der Waals surface area (Å²) < 4.78 is 27.7. The number of unbranched alkanes of at least 4 members (excludes halogenated alkanes) is 2. The number of rotatable bonds is 11. The molecule has 0 radical (unpaired) electrons. The summed E-state index contributed by atoms with van der Waals surface area (Å²) in [5.41, 5.74) is 0.353. The minimum atomic E-state index is -0.464. The Labute approximate surface area is 172 Å². The first kappa shape index (κ1) is 22.4. The molecule has 1 aromatic heterocycles. The monoisotopic (exact) mass is 402 g/mol. The summed E-state index contributed by atoms with van der Waals surface area (Å²) in [4.78, 5) is 11.8. The summed E-state index contributed by atoms with van der Waals surface area (Å²) >= 11 is 0. The Bertz CT molecular complexity index is 841. The molecule has 0 saturated heterocycles. The Morgan fingerprint density at radius 3 is 2.28 bits per heavy atom. The van der Waals surface area contributed by atoms with Crippen molar-refractivity contribution in [3.8, 4) is 23.0 Å². The van der Waals surface area contributed by atoms with Crippen LogP contribution in [0.5, 0.6) is 23.0 Å². The van der Waals surface area contributed by atoms with E-state index in [0.717, 1.165) is 24.8 Å². The minimum Gasteiger partial charge on any atom is -0.493 e. The first-order valence-corrected chi connectivity index (χ1v) is 9.85. The summed E-state index contributed by atoms with van der Waals surface area (Å²) in [7, 11) is 3.18. The van der Waals surface area contributed by atoms with E-state index in [1.165, 1.54) is 6.07 Å². The van der Waals surface area contributed by atoms with Gasteiger partial charge < -0.3 is 23.4 Å². The van der Waals surface area contributed by atoms with Crippen LogP contribution in [0.15, 0.2) is 33.5 Å². The zero-order chi connectivity index (χ0) is 21.2. The van der Waals surface area contributed by atoms with Crippen molar-refractivity contribution in [1.29, 1.82) is 0 Å². The molecule has 0 spiro atoms. The van der Waals surface area contributed by atoms with Crippen LogP contribution in [0.2, 0.25) is 0 Å². The van der Waals surface area contributed by atoms with Gasteiger partial charge in [0.2, 0.25) is 5.75 Å². The van der Waals surface area contributed by atoms with Crippen molar-refractivity contribution in [3.05, 3.63) is 46.0 Å². The zero-order valence-electron chi connectivity index (χ0n) is 17.8. The highest BCUT2D eigenvalue weighted by Gasteiger charge is 2.13. The Morgan fingerprint density at radius 1 is 1.00 bits per heavy atom. The molecule has 6 heteroatoms. The van der Waals surface area contributed by atoms with E-state index in [0.29, 0.717) is 35.4 Å². The second-order valence-corrected chi connectivity index (χ2v) is 6.82. The van der Waals surface area contributed by atoms with Crippen LogP contribution in [-0.2, 0) is 0 Å². The summed E-state index contributed by atoms with van der Waals surface area (Å²) in [6.45, 7) is 6.54. The predicted octanol–water partition coefficient (Wildman–Crippen LogP) is 5.18. The normalized spacial score (nSPS) is 11.1. The van der Waals surface area contributed by atoms with Gasteiger partial charge in [-0.1, -0.05) is 25.8 Å². The van der Waals surface area contributed by atoms with Gasteiger partial charge >= 0.3 is 5.63 Å². The van der Waals surface area contributed by atoms with Crippen molar-refractivity contribution in [2.45, 2.75) is 46.1 Å². The van der Waals surface area contributed by atoms with Crippen molar-refractivity contribution in [1.82, 2.24) is 0 Å². The number of benzene rings is 1. The fraction of sp³-hybridized carbons (Fsp3) is 0.435. The van der Waals surface area contributed by atoms with Crippen LogP contribution in [-0.4, -0.2) is 26.9 Å². The third kappa shape index (κ3) is 6.89. The third-order valence-corrected chi connectivity index (χ3v) is 4.05. The average molecular weight is 402 g/mol. The van der Waals surface area contributed by atoms with E-state index in [2.05, 4.69) is 6.92 Å². The number of ether oxygens (including phenoxy) is 4. The van der Waals surface area contributed by atoms with Crippen LogP contribution in [0.3, 0.4) is 0 Å². The molecule has 0 aliphatic heterocycles. The van der Waals surface area contributed by atoms with Crippen LogP contribution in [0.1, 0.15) is 51.4 Å². The lowest BCUT2D eigenvalue weighted by atomic mass is 10.1. The van der Waals surface area contributed by atoms with E-state index in [9.17, 15) is 4.79 Å². The summed E-state index contributed by atoms with van der Waals surface area (Å²) in [6.07, 6.45) is 6.68. The summed E-state index contributed by atoms with van der Waals surface area (Å²) in [6, 6.07) is 6.70. The molecule has 2 rings (SSSR count). The molecule has 0 saturated carbocycles. The fourth-order valence-electron chi connectivity index (χ4n) is 2.74. The lowest BCUT2D eigenvalue weighted by molar-refractivity contribution is 0.239. The highest BCUT2D eigenvalue weighted by Crippen LogP contribution is 2.39. The van der Waals surface area contributed by atoms with Crippen LogP contribution in [0.25, 0.3) is 12.2 Å². The van der Waals surface area contributed by atoms with Gasteiger partial charge in [-0.25, -0.2) is 4.79 Å². The molecule has 0 amide bonds. The molecule has 1 heterocycles. The van der Waals surface area contributed by atoms with Gasteiger partial charge in [-0.15, -0.1) is 0 Å². The Morgan fingerprint density at radius 2 is 1.69 bits per heavy atom. The first-order valence-electron chi connectivity index (χ1n) is 9.85. The van der Waals surface area contributed by atoms with E-state index >= 15 is 0 Å². The van der Waals surface area contributed by atoms with Gasteiger partial charge in [0.1, 0.15) is 11.5 Å². The molecule has 1 aromatic carbocycles. The maximum atomic E-state index is 11.8. The number of methoxy groups -OCH3 is 2. The van der Waals surface area contributed by atoms with Crippen LogP contribution in [0.4, 0.5) is 0 Å². The van der Waals surface area contributed by atoms with Gasteiger partial charge in [0.05, 0.1) is 33.0 Å². The third-order valence-electron chi connectivity index (χ3n) is 4.05. The Balaban J connectivity index is 2.26. The molecule has 6 nitrogen and oxygen atoms in total. The molecule has 0 bridgehead atoms. The van der Waals surface area contributed by atoms with E-state index in [1.54, 1.807) is 26.4 Å². The van der Waals surface area contributed by atoms with Gasteiger partial charge in [-0.2, -0.15) is 0 Å². The van der Waals surface area contributed by atoms with Gasteiger partial charge in [-0.3, -0.25) is 0 Å². The van der Waals surface area contributed by atoms with Crippen LogP contribution in [0, 0.1) is 0 Å². The van der Waals surface area contributed by atoms with Gasteiger partial charge in [0, 0.05) is 6.07 Å². The van der Waals surface area contributed by atoms with Gasteiger partial charge in [0.25, 0.3) is 0 Å². The average Bonchev–Trinajstić information content (AvgIpc) is 2.68. The Hall–Kier alpha value is -2.89.